The molecule has 2 aliphatic rings. The van der Waals surface area contributed by atoms with Crippen LogP contribution < -0.4 is 5.14 Å². The van der Waals surface area contributed by atoms with Gasteiger partial charge >= 0.3 is 0 Å². The van der Waals surface area contributed by atoms with E-state index in [2.05, 4.69) is 29.3 Å². The highest BCUT2D eigenvalue weighted by Crippen LogP contribution is 2.57. The summed E-state index contributed by atoms with van der Waals surface area (Å²) in [7, 11) is -3.76. The fourth-order valence-corrected chi connectivity index (χ4v) is 3.47. The Morgan fingerprint density at radius 2 is 1.57 bits per heavy atom. The van der Waals surface area contributed by atoms with Crippen molar-refractivity contribution >= 4 is 21.2 Å². The van der Waals surface area contributed by atoms with Crippen molar-refractivity contribution in [3.05, 3.63) is 71.9 Å². The van der Waals surface area contributed by atoms with Crippen LogP contribution in [0.1, 0.15) is 24.0 Å². The summed E-state index contributed by atoms with van der Waals surface area (Å²) in [5.41, 5.74) is 4.56. The maximum absolute atomic E-state index is 11.4. The molecule has 1 aromatic carbocycles. The van der Waals surface area contributed by atoms with E-state index < -0.39 is 10.0 Å². The minimum atomic E-state index is -3.76. The fourth-order valence-electron chi connectivity index (χ4n) is 3.01. The number of nitrogens with two attached hydrogens (primary N) is 1. The molecule has 1 heterocycles. The van der Waals surface area contributed by atoms with Crippen molar-refractivity contribution in [2.75, 3.05) is 0 Å². The Morgan fingerprint density at radius 3 is 2.09 bits per heavy atom. The molecule has 0 bridgehead atoms. The first-order chi connectivity index (χ1) is 11.0. The number of sulfonamides is 1. The number of hydrogen-bond donors (Lipinski definition) is 1. The highest BCUT2D eigenvalue weighted by molar-refractivity contribution is 7.89. The van der Waals surface area contributed by atoms with Crippen LogP contribution >= 0.6 is 0 Å². The predicted molar refractivity (Wildman–Crippen MR) is 89.7 cm³/mol. The van der Waals surface area contributed by atoms with Gasteiger partial charge in [0, 0.05) is 17.2 Å². The van der Waals surface area contributed by atoms with Crippen LogP contribution in [0.5, 0.6) is 0 Å². The Morgan fingerprint density at radius 1 is 0.913 bits per heavy atom. The van der Waals surface area contributed by atoms with Crippen molar-refractivity contribution in [2.45, 2.75) is 17.9 Å². The zero-order valence-corrected chi connectivity index (χ0v) is 13.3. The summed E-state index contributed by atoms with van der Waals surface area (Å²) >= 11 is 0. The minimum Gasteiger partial charge on any atom is -0.243 e. The van der Waals surface area contributed by atoms with Gasteiger partial charge in [0.2, 0.25) is 0 Å². The van der Waals surface area contributed by atoms with E-state index in [1.807, 2.05) is 18.2 Å². The molecule has 116 valence electrons. The van der Waals surface area contributed by atoms with Gasteiger partial charge in [-0.3, -0.25) is 0 Å². The summed E-state index contributed by atoms with van der Waals surface area (Å²) in [5, 5.41) is 5.01. The van der Waals surface area contributed by atoms with Crippen LogP contribution in [0.15, 0.2) is 65.8 Å². The normalized spacial score (nSPS) is 18.7. The minimum absolute atomic E-state index is 0.105. The summed E-state index contributed by atoms with van der Waals surface area (Å²) in [6.07, 6.45) is 8.52. The average Bonchev–Trinajstić information content (AvgIpc) is 3.18. The van der Waals surface area contributed by atoms with Gasteiger partial charge < -0.3 is 0 Å². The molecule has 1 saturated carbocycles. The van der Waals surface area contributed by atoms with Crippen LogP contribution in [0.25, 0.3) is 11.1 Å². The Hall–Kier alpha value is -2.24. The number of rotatable bonds is 3. The van der Waals surface area contributed by atoms with Crippen molar-refractivity contribution in [3.8, 4) is 0 Å². The third-order valence-electron chi connectivity index (χ3n) is 4.40. The molecule has 0 saturated heterocycles. The Labute approximate surface area is 135 Å². The van der Waals surface area contributed by atoms with Crippen molar-refractivity contribution in [1.29, 1.82) is 0 Å². The molecule has 2 N–H and O–H groups in total. The van der Waals surface area contributed by atoms with Gasteiger partial charge in [-0.05, 0) is 41.7 Å². The van der Waals surface area contributed by atoms with Gasteiger partial charge in [-0.15, -0.1) is 0 Å². The number of allylic oxidation sites excluding steroid dienone is 4. The van der Waals surface area contributed by atoms with Crippen molar-refractivity contribution in [2.24, 2.45) is 10.6 Å². The molecule has 4 rings (SSSR count). The lowest BCUT2D eigenvalue weighted by atomic mass is 9.96. The van der Waals surface area contributed by atoms with E-state index in [1.54, 1.807) is 12.3 Å². The molecule has 0 amide bonds. The molecule has 1 fully saturated rings. The Bertz CT molecular complexity index is 923. The van der Waals surface area contributed by atoms with Crippen LogP contribution in [0.4, 0.5) is 0 Å². The summed E-state index contributed by atoms with van der Waals surface area (Å²) in [6, 6.07) is 13.5. The predicted octanol–water partition coefficient (Wildman–Crippen LogP) is 2.99. The third kappa shape index (κ3) is 2.62. The molecule has 0 atom stereocenters. The lowest BCUT2D eigenvalue weighted by Gasteiger charge is -2.09. The molecular formula is C18H16N2O2S. The number of aromatic nitrogens is 1. The second-order valence-electron chi connectivity index (χ2n) is 6.15. The SMILES string of the molecule is NS(=O)(=O)c1ccc(C2=CC3(C=C2c2ccccc2)CC3)cn1. The molecule has 5 heteroatoms. The largest absolute Gasteiger partial charge is 0.255 e. The molecular weight excluding hydrogens is 308 g/mol. The van der Waals surface area contributed by atoms with E-state index in [0.29, 0.717) is 0 Å². The molecule has 0 radical (unpaired) electrons. The molecule has 2 aliphatic carbocycles. The molecule has 2 aromatic rings. The molecule has 1 aromatic heterocycles. The molecule has 4 nitrogen and oxygen atoms in total. The third-order valence-corrected chi connectivity index (χ3v) is 5.23. The van der Waals surface area contributed by atoms with Crippen molar-refractivity contribution < 1.29 is 8.42 Å². The summed E-state index contributed by atoms with van der Waals surface area (Å²) in [4.78, 5) is 4.01. The summed E-state index contributed by atoms with van der Waals surface area (Å²) < 4.78 is 22.7. The average molecular weight is 324 g/mol. The fraction of sp³-hybridized carbons (Fsp3) is 0.167. The quantitative estimate of drug-likeness (QED) is 0.943. The first-order valence-corrected chi connectivity index (χ1v) is 9.02. The number of pyridine rings is 1. The standard InChI is InChI=1S/C18H16N2O2S/c19-23(21,22)17-7-6-14(12-20-17)16-11-18(8-9-18)10-15(16)13-4-2-1-3-5-13/h1-7,10-12H,8-9H2,(H2,19,21,22). The molecule has 0 unspecified atom stereocenters. The van der Waals surface area contributed by atoms with Gasteiger partial charge in [0.15, 0.2) is 5.03 Å². The van der Waals surface area contributed by atoms with Crippen LogP contribution in [-0.4, -0.2) is 13.4 Å². The van der Waals surface area contributed by atoms with Crippen LogP contribution in [0, 0.1) is 5.41 Å². The molecule has 0 aliphatic heterocycles. The Kier molecular flexibility index (Phi) is 3.04. The first kappa shape index (κ1) is 14.4. The van der Waals surface area contributed by atoms with Crippen LogP contribution in [-0.2, 0) is 10.0 Å². The lowest BCUT2D eigenvalue weighted by molar-refractivity contribution is 0.594. The van der Waals surface area contributed by atoms with E-state index in [1.165, 1.54) is 11.6 Å². The van der Waals surface area contributed by atoms with Crippen molar-refractivity contribution in [1.82, 2.24) is 4.98 Å². The van der Waals surface area contributed by atoms with Gasteiger partial charge in [0.1, 0.15) is 0 Å². The lowest BCUT2D eigenvalue weighted by Crippen LogP contribution is -2.13. The van der Waals surface area contributed by atoms with E-state index in [9.17, 15) is 8.42 Å². The summed E-state index contributed by atoms with van der Waals surface area (Å²) in [5.74, 6) is 0. The van der Waals surface area contributed by atoms with E-state index >= 15 is 0 Å². The highest BCUT2D eigenvalue weighted by atomic mass is 32.2. The van der Waals surface area contributed by atoms with Gasteiger partial charge in [0.25, 0.3) is 10.0 Å². The second-order valence-corrected chi connectivity index (χ2v) is 7.65. The maximum atomic E-state index is 11.4. The number of hydrogen-bond acceptors (Lipinski definition) is 3. The maximum Gasteiger partial charge on any atom is 0.255 e. The van der Waals surface area contributed by atoms with Crippen LogP contribution in [0.3, 0.4) is 0 Å². The second kappa shape index (κ2) is 4.88. The molecule has 23 heavy (non-hydrogen) atoms. The van der Waals surface area contributed by atoms with E-state index in [-0.39, 0.29) is 10.4 Å². The number of nitrogens with zero attached hydrogens (tertiary/aromatic N) is 1. The van der Waals surface area contributed by atoms with Gasteiger partial charge in [0.05, 0.1) is 0 Å². The van der Waals surface area contributed by atoms with E-state index in [4.69, 9.17) is 5.14 Å². The zero-order chi connectivity index (χ0) is 16.1. The van der Waals surface area contributed by atoms with Gasteiger partial charge in [-0.25, -0.2) is 18.5 Å². The van der Waals surface area contributed by atoms with Gasteiger partial charge in [-0.2, -0.15) is 0 Å². The van der Waals surface area contributed by atoms with Gasteiger partial charge in [-0.1, -0.05) is 42.5 Å². The van der Waals surface area contributed by atoms with Crippen molar-refractivity contribution in [3.63, 3.8) is 0 Å². The summed E-state index contributed by atoms with van der Waals surface area (Å²) in [6.45, 7) is 0. The smallest absolute Gasteiger partial charge is 0.243 e. The van der Waals surface area contributed by atoms with Crippen LogP contribution in [0.2, 0.25) is 0 Å². The monoisotopic (exact) mass is 324 g/mol. The first-order valence-electron chi connectivity index (χ1n) is 7.48. The Balaban J connectivity index is 1.77. The number of benzene rings is 1. The molecule has 1 spiro atoms. The van der Waals surface area contributed by atoms with E-state index in [0.717, 1.165) is 29.5 Å². The highest BCUT2D eigenvalue weighted by Gasteiger charge is 2.43. The number of primary sulfonamides is 1. The zero-order valence-electron chi connectivity index (χ0n) is 12.4. The topological polar surface area (TPSA) is 73.1 Å².